The summed E-state index contributed by atoms with van der Waals surface area (Å²) in [6, 6.07) is 9.54. The normalized spacial score (nSPS) is 18.6. The van der Waals surface area contributed by atoms with Crippen LogP contribution in [-0.2, 0) is 28.3 Å². The van der Waals surface area contributed by atoms with E-state index >= 15 is 0 Å². The monoisotopic (exact) mass is 463 g/mol. The van der Waals surface area contributed by atoms with Gasteiger partial charge in [0.1, 0.15) is 19.0 Å². The average molecular weight is 464 g/mol. The standard InChI is InChI=1S/C26H29N3O5/c1-4-26(32)19-13-21-23-16(14-29(21)24(30)18(19)15-34-25(26)31)12-17-20(27-23)8-7-9-22(17)33-11-10-28(5-2)6-3/h7-9,12-13,32H,4-6,10-11,14-15H2,1-3H3/t26-/m0/s1. The predicted molar refractivity (Wildman–Crippen MR) is 128 cm³/mol. The number of likely N-dealkylation sites (N-methyl/N-ethyl adjacent to an activating group) is 1. The van der Waals surface area contributed by atoms with Gasteiger partial charge in [-0.1, -0.05) is 26.8 Å². The molecule has 0 radical (unpaired) electrons. The Balaban J connectivity index is 1.56. The number of pyridine rings is 2. The first-order chi connectivity index (χ1) is 16.4. The summed E-state index contributed by atoms with van der Waals surface area (Å²) in [7, 11) is 0. The number of esters is 1. The van der Waals surface area contributed by atoms with E-state index in [0.29, 0.717) is 35.7 Å². The number of aliphatic hydroxyl groups is 1. The molecule has 2 aromatic heterocycles. The highest BCUT2D eigenvalue weighted by Gasteiger charge is 2.45. The molecule has 0 amide bonds. The number of cyclic esters (lactones) is 1. The summed E-state index contributed by atoms with van der Waals surface area (Å²) in [5.74, 6) is 0.0463. The molecule has 3 aromatic rings. The molecule has 0 bridgehead atoms. The number of hydrogen-bond donors (Lipinski definition) is 1. The van der Waals surface area contributed by atoms with Gasteiger partial charge in [0.25, 0.3) is 5.56 Å². The Morgan fingerprint density at radius 1 is 1.21 bits per heavy atom. The Morgan fingerprint density at radius 2 is 2.00 bits per heavy atom. The second-order valence-electron chi connectivity index (χ2n) is 8.80. The molecule has 0 fully saturated rings. The highest BCUT2D eigenvalue weighted by atomic mass is 16.6. The number of carbonyl (C=O) groups excluding carboxylic acids is 1. The van der Waals surface area contributed by atoms with Gasteiger partial charge in [-0.25, -0.2) is 9.78 Å². The second-order valence-corrected chi connectivity index (χ2v) is 8.80. The zero-order valence-electron chi connectivity index (χ0n) is 19.8. The quantitative estimate of drug-likeness (QED) is 0.421. The van der Waals surface area contributed by atoms with E-state index in [2.05, 4.69) is 18.7 Å². The fraction of sp³-hybridized carbons (Fsp3) is 0.423. The number of hydrogen-bond acceptors (Lipinski definition) is 7. The number of rotatable bonds is 7. The summed E-state index contributed by atoms with van der Waals surface area (Å²) >= 11 is 0. The summed E-state index contributed by atoms with van der Waals surface area (Å²) in [5, 5.41) is 11.9. The molecule has 0 saturated carbocycles. The van der Waals surface area contributed by atoms with Crippen LogP contribution in [0.3, 0.4) is 0 Å². The van der Waals surface area contributed by atoms with Gasteiger partial charge in [-0.05, 0) is 43.8 Å². The molecule has 1 aromatic carbocycles. The third-order valence-corrected chi connectivity index (χ3v) is 7.07. The number of carbonyl (C=O) groups is 1. The summed E-state index contributed by atoms with van der Waals surface area (Å²) in [6.07, 6.45) is 0.119. The molecule has 0 aliphatic carbocycles. The molecule has 34 heavy (non-hydrogen) atoms. The van der Waals surface area contributed by atoms with Crippen molar-refractivity contribution in [3.63, 3.8) is 0 Å². The lowest BCUT2D eigenvalue weighted by Gasteiger charge is -2.31. The molecule has 178 valence electrons. The van der Waals surface area contributed by atoms with Crippen molar-refractivity contribution in [2.45, 2.75) is 45.9 Å². The molecule has 1 atom stereocenters. The van der Waals surface area contributed by atoms with Gasteiger partial charge in [0.15, 0.2) is 5.60 Å². The number of ether oxygens (including phenoxy) is 2. The highest BCUT2D eigenvalue weighted by Crippen LogP contribution is 2.39. The van der Waals surface area contributed by atoms with Gasteiger partial charge in [-0.3, -0.25) is 4.79 Å². The molecule has 2 aliphatic heterocycles. The van der Waals surface area contributed by atoms with Crippen LogP contribution in [0.2, 0.25) is 0 Å². The summed E-state index contributed by atoms with van der Waals surface area (Å²) in [5.41, 5.74) is 1.52. The number of nitrogens with zero attached hydrogens (tertiary/aromatic N) is 3. The van der Waals surface area contributed by atoms with Crippen molar-refractivity contribution in [3.05, 3.63) is 57.4 Å². The van der Waals surface area contributed by atoms with Crippen LogP contribution in [0.5, 0.6) is 5.75 Å². The minimum Gasteiger partial charge on any atom is -0.492 e. The summed E-state index contributed by atoms with van der Waals surface area (Å²) in [6.45, 7) is 9.57. The number of fused-ring (bicyclic) bond motifs is 5. The van der Waals surface area contributed by atoms with Crippen LogP contribution in [0.4, 0.5) is 0 Å². The van der Waals surface area contributed by atoms with Crippen LogP contribution in [-0.4, -0.2) is 51.8 Å². The molecule has 0 saturated heterocycles. The zero-order chi connectivity index (χ0) is 24.0. The van der Waals surface area contributed by atoms with Crippen LogP contribution in [0.1, 0.15) is 43.9 Å². The van der Waals surface area contributed by atoms with Crippen LogP contribution < -0.4 is 10.3 Å². The molecule has 2 aliphatic rings. The summed E-state index contributed by atoms with van der Waals surface area (Å²) in [4.78, 5) is 32.8. The van der Waals surface area contributed by atoms with Crippen molar-refractivity contribution in [1.82, 2.24) is 14.5 Å². The predicted octanol–water partition coefficient (Wildman–Crippen LogP) is 2.80. The Bertz CT molecular complexity index is 1340. The lowest BCUT2D eigenvalue weighted by molar-refractivity contribution is -0.172. The van der Waals surface area contributed by atoms with Crippen LogP contribution in [0.25, 0.3) is 22.3 Å². The van der Waals surface area contributed by atoms with E-state index in [1.807, 2.05) is 24.3 Å². The third kappa shape index (κ3) is 3.40. The molecule has 8 nitrogen and oxygen atoms in total. The fourth-order valence-corrected chi connectivity index (χ4v) is 4.93. The smallest absolute Gasteiger partial charge is 0.343 e. The largest absolute Gasteiger partial charge is 0.492 e. The van der Waals surface area contributed by atoms with Crippen molar-refractivity contribution >= 4 is 16.9 Å². The fourth-order valence-electron chi connectivity index (χ4n) is 4.93. The SMILES string of the molecule is CCN(CC)CCOc1cccc2nc3c(cc12)Cn1c-3cc2c(c1=O)COC(=O)[C@]2(O)CC. The molecule has 1 N–H and O–H groups in total. The van der Waals surface area contributed by atoms with Gasteiger partial charge < -0.3 is 24.0 Å². The van der Waals surface area contributed by atoms with Gasteiger partial charge in [0.2, 0.25) is 0 Å². The Hall–Kier alpha value is -3.23. The van der Waals surface area contributed by atoms with Crippen molar-refractivity contribution in [1.29, 1.82) is 0 Å². The van der Waals surface area contributed by atoms with Gasteiger partial charge in [-0.2, -0.15) is 0 Å². The third-order valence-electron chi connectivity index (χ3n) is 7.07. The molecule has 4 heterocycles. The van der Waals surface area contributed by atoms with Gasteiger partial charge in [-0.15, -0.1) is 0 Å². The van der Waals surface area contributed by atoms with Crippen LogP contribution in [0, 0.1) is 0 Å². The Kier molecular flexibility index (Phi) is 5.65. The first-order valence-electron chi connectivity index (χ1n) is 11.9. The number of aromatic nitrogens is 2. The first kappa shape index (κ1) is 22.6. The minimum atomic E-state index is -1.83. The second kappa shape index (κ2) is 8.52. The van der Waals surface area contributed by atoms with Gasteiger partial charge in [0.05, 0.1) is 29.0 Å². The maximum atomic E-state index is 13.3. The minimum absolute atomic E-state index is 0.119. The maximum Gasteiger partial charge on any atom is 0.343 e. The van der Waals surface area contributed by atoms with Gasteiger partial charge in [0, 0.05) is 23.1 Å². The molecular weight excluding hydrogens is 434 g/mol. The molecule has 8 heteroatoms. The van der Waals surface area contributed by atoms with E-state index in [9.17, 15) is 14.7 Å². The van der Waals surface area contributed by atoms with Gasteiger partial charge >= 0.3 is 5.97 Å². The average Bonchev–Trinajstić information content (AvgIpc) is 3.21. The first-order valence-corrected chi connectivity index (χ1v) is 11.9. The van der Waals surface area contributed by atoms with E-state index in [0.717, 1.165) is 41.9 Å². The number of benzene rings is 1. The van der Waals surface area contributed by atoms with E-state index in [4.69, 9.17) is 14.5 Å². The lowest BCUT2D eigenvalue weighted by Crippen LogP contribution is -2.44. The van der Waals surface area contributed by atoms with Crippen LogP contribution in [0.15, 0.2) is 35.1 Å². The molecular formula is C26H29N3O5. The van der Waals surface area contributed by atoms with Crippen molar-refractivity contribution in [2.24, 2.45) is 0 Å². The zero-order valence-corrected chi connectivity index (χ0v) is 19.8. The lowest BCUT2D eigenvalue weighted by atomic mass is 9.86. The van der Waals surface area contributed by atoms with E-state index < -0.39 is 11.6 Å². The Morgan fingerprint density at radius 3 is 2.74 bits per heavy atom. The van der Waals surface area contributed by atoms with Crippen molar-refractivity contribution in [3.8, 4) is 17.1 Å². The topological polar surface area (TPSA) is 93.9 Å². The van der Waals surface area contributed by atoms with Crippen LogP contribution >= 0.6 is 0 Å². The van der Waals surface area contributed by atoms with Crippen molar-refractivity contribution < 1.29 is 19.4 Å². The van der Waals surface area contributed by atoms with E-state index in [1.54, 1.807) is 17.6 Å². The maximum absolute atomic E-state index is 13.3. The highest BCUT2D eigenvalue weighted by molar-refractivity contribution is 5.89. The molecule has 0 spiro atoms. The van der Waals surface area contributed by atoms with Crippen molar-refractivity contribution in [2.75, 3.05) is 26.2 Å². The Labute approximate surface area is 197 Å². The van der Waals surface area contributed by atoms with E-state index in [1.165, 1.54) is 0 Å². The molecule has 5 rings (SSSR count). The summed E-state index contributed by atoms with van der Waals surface area (Å²) < 4.78 is 12.9. The molecule has 0 unspecified atom stereocenters. The van der Waals surface area contributed by atoms with E-state index in [-0.39, 0.29) is 18.6 Å².